The zero-order chi connectivity index (χ0) is 18.1. The lowest BCUT2D eigenvalue weighted by Gasteiger charge is -2.16. The van der Waals surface area contributed by atoms with E-state index in [-0.39, 0.29) is 0 Å². The number of fused-ring (bicyclic) bond motifs is 1. The maximum Gasteiger partial charge on any atom is 0.0394 e. The summed E-state index contributed by atoms with van der Waals surface area (Å²) in [6, 6.07) is 29.7. The Balaban J connectivity index is 1.91. The van der Waals surface area contributed by atoms with Gasteiger partial charge in [-0.05, 0) is 45.8 Å². The molecule has 0 unspecified atom stereocenters. The van der Waals surface area contributed by atoms with E-state index in [1.165, 1.54) is 33.3 Å². The lowest BCUT2D eigenvalue weighted by atomic mass is 9.91. The predicted octanol–water partition coefficient (Wildman–Crippen LogP) is 5.82. The molecule has 0 saturated carbocycles. The third-order valence-electron chi connectivity index (χ3n) is 4.87. The molecule has 2 heteroatoms. The summed E-state index contributed by atoms with van der Waals surface area (Å²) in [5.41, 5.74) is 13.1. The molecule has 0 spiro atoms. The molecule has 2 nitrogen and oxygen atoms in total. The van der Waals surface area contributed by atoms with Crippen LogP contribution in [-0.4, -0.2) is 14.1 Å². The molecule has 0 aromatic heterocycles. The maximum atomic E-state index is 6.19. The molecule has 0 radical (unpaired) electrons. The zero-order valence-corrected chi connectivity index (χ0v) is 15.1. The number of rotatable bonds is 3. The summed E-state index contributed by atoms with van der Waals surface area (Å²) in [6.07, 6.45) is 0. The monoisotopic (exact) mass is 338 g/mol. The maximum absolute atomic E-state index is 6.19. The molecule has 4 aromatic rings. The van der Waals surface area contributed by atoms with Crippen LogP contribution in [-0.2, 0) is 0 Å². The number of nitrogen functional groups attached to an aromatic ring is 1. The van der Waals surface area contributed by atoms with Gasteiger partial charge < -0.3 is 10.6 Å². The van der Waals surface area contributed by atoms with Crippen molar-refractivity contribution in [2.24, 2.45) is 0 Å². The van der Waals surface area contributed by atoms with Crippen molar-refractivity contribution in [1.82, 2.24) is 0 Å². The molecule has 4 rings (SSSR count). The minimum atomic E-state index is 0.817. The molecule has 0 heterocycles. The van der Waals surface area contributed by atoms with Crippen molar-refractivity contribution < 1.29 is 0 Å². The van der Waals surface area contributed by atoms with Crippen molar-refractivity contribution in [3.8, 4) is 22.3 Å². The van der Waals surface area contributed by atoms with Gasteiger partial charge in [-0.25, -0.2) is 0 Å². The van der Waals surface area contributed by atoms with Crippen LogP contribution in [0.25, 0.3) is 33.0 Å². The van der Waals surface area contributed by atoms with Gasteiger partial charge in [0.25, 0.3) is 0 Å². The first kappa shape index (κ1) is 16.2. The summed E-state index contributed by atoms with van der Waals surface area (Å²) in [4.78, 5) is 2.11. The number of benzene rings is 4. The van der Waals surface area contributed by atoms with Crippen LogP contribution in [0.4, 0.5) is 11.4 Å². The van der Waals surface area contributed by atoms with Crippen LogP contribution in [0.3, 0.4) is 0 Å². The van der Waals surface area contributed by atoms with Gasteiger partial charge in [-0.1, -0.05) is 66.7 Å². The SMILES string of the molecule is CN(C)c1ccc(-c2ccccc2-c2ccc(N)c3ccccc23)cc1. The Hall–Kier alpha value is -3.26. The molecule has 0 bridgehead atoms. The van der Waals surface area contributed by atoms with Crippen molar-refractivity contribution in [2.45, 2.75) is 0 Å². The molecule has 0 aliphatic carbocycles. The van der Waals surface area contributed by atoms with Crippen LogP contribution in [0.2, 0.25) is 0 Å². The quantitative estimate of drug-likeness (QED) is 0.477. The van der Waals surface area contributed by atoms with E-state index in [0.29, 0.717) is 0 Å². The zero-order valence-electron chi connectivity index (χ0n) is 15.1. The Kier molecular flexibility index (Phi) is 4.10. The highest BCUT2D eigenvalue weighted by molar-refractivity contribution is 6.05. The second-order valence-electron chi connectivity index (χ2n) is 6.73. The van der Waals surface area contributed by atoms with E-state index in [9.17, 15) is 0 Å². The standard InChI is InChI=1S/C24H22N2/c1-26(2)18-13-11-17(12-14-18)19-7-3-4-8-20(19)22-15-16-24(25)23-10-6-5-9-21(22)23/h3-16H,25H2,1-2H3. The van der Waals surface area contributed by atoms with Gasteiger partial charge >= 0.3 is 0 Å². The summed E-state index contributed by atoms with van der Waals surface area (Å²) in [7, 11) is 4.12. The fraction of sp³-hybridized carbons (Fsp3) is 0.0833. The average molecular weight is 338 g/mol. The Morgan fingerprint density at radius 3 is 1.88 bits per heavy atom. The first-order chi connectivity index (χ1) is 12.6. The average Bonchev–Trinajstić information content (AvgIpc) is 2.69. The second kappa shape index (κ2) is 6.57. The summed E-state index contributed by atoms with van der Waals surface area (Å²) in [5.74, 6) is 0. The number of nitrogens with zero attached hydrogens (tertiary/aromatic N) is 1. The Bertz CT molecular complexity index is 1060. The van der Waals surface area contributed by atoms with Gasteiger partial charge in [0.2, 0.25) is 0 Å². The normalized spacial score (nSPS) is 10.8. The third kappa shape index (κ3) is 2.80. The van der Waals surface area contributed by atoms with E-state index < -0.39 is 0 Å². The minimum Gasteiger partial charge on any atom is -0.398 e. The molecular weight excluding hydrogens is 316 g/mol. The van der Waals surface area contributed by atoms with Gasteiger partial charge in [0, 0.05) is 30.9 Å². The van der Waals surface area contributed by atoms with E-state index in [1.807, 2.05) is 12.1 Å². The van der Waals surface area contributed by atoms with Gasteiger partial charge in [-0.2, -0.15) is 0 Å². The van der Waals surface area contributed by atoms with Crippen LogP contribution >= 0.6 is 0 Å². The van der Waals surface area contributed by atoms with Gasteiger partial charge in [-0.3, -0.25) is 0 Å². The van der Waals surface area contributed by atoms with Crippen LogP contribution in [0.5, 0.6) is 0 Å². The topological polar surface area (TPSA) is 29.3 Å². The van der Waals surface area contributed by atoms with Gasteiger partial charge in [0.05, 0.1) is 0 Å². The number of hydrogen-bond acceptors (Lipinski definition) is 2. The molecule has 0 saturated heterocycles. The smallest absolute Gasteiger partial charge is 0.0394 e. The van der Waals surface area contributed by atoms with Crippen LogP contribution < -0.4 is 10.6 Å². The van der Waals surface area contributed by atoms with Gasteiger partial charge in [0.1, 0.15) is 0 Å². The summed E-state index contributed by atoms with van der Waals surface area (Å²) < 4.78 is 0. The molecule has 26 heavy (non-hydrogen) atoms. The van der Waals surface area contributed by atoms with Crippen molar-refractivity contribution in [3.63, 3.8) is 0 Å². The van der Waals surface area contributed by atoms with E-state index in [2.05, 4.69) is 91.8 Å². The van der Waals surface area contributed by atoms with Gasteiger partial charge in [0.15, 0.2) is 0 Å². The van der Waals surface area contributed by atoms with Crippen molar-refractivity contribution in [1.29, 1.82) is 0 Å². The summed E-state index contributed by atoms with van der Waals surface area (Å²) in [5, 5.41) is 2.28. The number of hydrogen-bond donors (Lipinski definition) is 1. The number of anilines is 2. The highest BCUT2D eigenvalue weighted by Gasteiger charge is 2.11. The first-order valence-electron chi connectivity index (χ1n) is 8.79. The molecule has 128 valence electrons. The van der Waals surface area contributed by atoms with Crippen LogP contribution in [0.1, 0.15) is 0 Å². The molecule has 4 aromatic carbocycles. The van der Waals surface area contributed by atoms with E-state index in [4.69, 9.17) is 5.73 Å². The summed E-state index contributed by atoms with van der Waals surface area (Å²) in [6.45, 7) is 0. The highest BCUT2D eigenvalue weighted by Crippen LogP contribution is 2.38. The van der Waals surface area contributed by atoms with E-state index >= 15 is 0 Å². The highest BCUT2D eigenvalue weighted by atomic mass is 15.1. The van der Waals surface area contributed by atoms with Crippen LogP contribution in [0.15, 0.2) is 84.9 Å². The minimum absolute atomic E-state index is 0.817. The molecule has 0 amide bonds. The lowest BCUT2D eigenvalue weighted by molar-refractivity contribution is 1.13. The molecule has 0 aliphatic rings. The lowest BCUT2D eigenvalue weighted by Crippen LogP contribution is -2.07. The molecule has 0 fully saturated rings. The van der Waals surface area contributed by atoms with Crippen LogP contribution in [0, 0.1) is 0 Å². The molecule has 0 aliphatic heterocycles. The fourth-order valence-electron chi connectivity index (χ4n) is 3.47. The molecule has 0 atom stereocenters. The summed E-state index contributed by atoms with van der Waals surface area (Å²) >= 11 is 0. The predicted molar refractivity (Wildman–Crippen MR) is 114 cm³/mol. The molecular formula is C24H22N2. The van der Waals surface area contributed by atoms with Gasteiger partial charge in [-0.15, -0.1) is 0 Å². The van der Waals surface area contributed by atoms with E-state index in [0.717, 1.165) is 11.1 Å². The third-order valence-corrected chi connectivity index (χ3v) is 4.87. The largest absolute Gasteiger partial charge is 0.398 e. The van der Waals surface area contributed by atoms with Crippen molar-refractivity contribution >= 4 is 22.1 Å². The fourth-order valence-corrected chi connectivity index (χ4v) is 3.47. The Morgan fingerprint density at radius 1 is 0.577 bits per heavy atom. The second-order valence-corrected chi connectivity index (χ2v) is 6.73. The Labute approximate surface area is 154 Å². The first-order valence-corrected chi connectivity index (χ1v) is 8.79. The van der Waals surface area contributed by atoms with E-state index in [1.54, 1.807) is 0 Å². The Morgan fingerprint density at radius 2 is 1.19 bits per heavy atom. The van der Waals surface area contributed by atoms with Crippen molar-refractivity contribution in [3.05, 3.63) is 84.9 Å². The van der Waals surface area contributed by atoms with Crippen molar-refractivity contribution in [2.75, 3.05) is 24.7 Å². The molecule has 2 N–H and O–H groups in total. The number of nitrogens with two attached hydrogens (primary N) is 1.